The topological polar surface area (TPSA) is 49.8 Å². The normalized spacial score (nSPS) is 12.5. The van der Waals surface area contributed by atoms with Crippen molar-refractivity contribution < 1.29 is 14.6 Å². The summed E-state index contributed by atoms with van der Waals surface area (Å²) in [6.45, 7) is 5.53. The number of methoxy groups -OCH3 is 1. The van der Waals surface area contributed by atoms with Gasteiger partial charge in [-0.2, -0.15) is 0 Å². The first kappa shape index (κ1) is 16.0. The van der Waals surface area contributed by atoms with Gasteiger partial charge in [-0.15, -0.1) is 0 Å². The van der Waals surface area contributed by atoms with Gasteiger partial charge >= 0.3 is 5.97 Å². The number of ether oxygens (including phenoxy) is 1. The van der Waals surface area contributed by atoms with Gasteiger partial charge in [-0.3, -0.25) is 9.69 Å². The van der Waals surface area contributed by atoms with E-state index in [0.29, 0.717) is 0 Å². The zero-order chi connectivity index (χ0) is 14.4. The molecule has 0 aliphatic heterocycles. The molecule has 0 spiro atoms. The van der Waals surface area contributed by atoms with E-state index in [0.717, 1.165) is 28.9 Å². The van der Waals surface area contributed by atoms with Crippen LogP contribution in [-0.2, 0) is 11.3 Å². The molecule has 1 N–H and O–H groups in total. The third kappa shape index (κ3) is 4.84. The molecule has 0 saturated heterocycles. The summed E-state index contributed by atoms with van der Waals surface area (Å²) in [7, 11) is 1.63. The Bertz CT molecular complexity index is 437. The minimum atomic E-state index is -0.762. The SMILES string of the molecule is CCN(Cc1ccc(OC)c(Br)c1)C(C)CC(=O)O. The zero-order valence-corrected chi connectivity index (χ0v) is 13.1. The van der Waals surface area contributed by atoms with E-state index >= 15 is 0 Å². The monoisotopic (exact) mass is 329 g/mol. The summed E-state index contributed by atoms with van der Waals surface area (Å²) >= 11 is 3.46. The fourth-order valence-electron chi connectivity index (χ4n) is 2.00. The Morgan fingerprint density at radius 2 is 2.21 bits per heavy atom. The summed E-state index contributed by atoms with van der Waals surface area (Å²) in [6.07, 6.45) is 0.158. The van der Waals surface area contributed by atoms with Gasteiger partial charge in [0.1, 0.15) is 5.75 Å². The maximum absolute atomic E-state index is 10.8. The molecule has 4 nitrogen and oxygen atoms in total. The van der Waals surface area contributed by atoms with Crippen molar-refractivity contribution in [1.29, 1.82) is 0 Å². The van der Waals surface area contributed by atoms with E-state index in [9.17, 15) is 4.79 Å². The van der Waals surface area contributed by atoms with Crippen LogP contribution in [0.1, 0.15) is 25.8 Å². The molecule has 0 heterocycles. The summed E-state index contributed by atoms with van der Waals surface area (Å²) in [5.74, 6) is 0.0345. The fourth-order valence-corrected chi connectivity index (χ4v) is 2.59. The number of rotatable bonds is 7. The van der Waals surface area contributed by atoms with E-state index in [4.69, 9.17) is 9.84 Å². The van der Waals surface area contributed by atoms with Crippen molar-refractivity contribution in [2.24, 2.45) is 0 Å². The molecule has 106 valence electrons. The molecule has 19 heavy (non-hydrogen) atoms. The van der Waals surface area contributed by atoms with Gasteiger partial charge < -0.3 is 9.84 Å². The Hall–Kier alpha value is -1.07. The predicted octanol–water partition coefficient (Wildman–Crippen LogP) is 3.14. The molecular formula is C14H20BrNO3. The molecule has 0 radical (unpaired) electrons. The Morgan fingerprint density at radius 3 is 2.68 bits per heavy atom. The minimum Gasteiger partial charge on any atom is -0.496 e. The van der Waals surface area contributed by atoms with Crippen LogP contribution < -0.4 is 4.74 Å². The standard InChI is InChI=1S/C14H20BrNO3/c1-4-16(10(2)7-14(17)18)9-11-5-6-13(19-3)12(15)8-11/h5-6,8,10H,4,7,9H2,1-3H3,(H,17,18). The lowest BCUT2D eigenvalue weighted by molar-refractivity contribution is -0.138. The zero-order valence-electron chi connectivity index (χ0n) is 11.5. The van der Waals surface area contributed by atoms with Crippen LogP contribution in [0.3, 0.4) is 0 Å². The van der Waals surface area contributed by atoms with Crippen LogP contribution in [0.5, 0.6) is 5.75 Å². The van der Waals surface area contributed by atoms with Crippen molar-refractivity contribution in [3.63, 3.8) is 0 Å². The lowest BCUT2D eigenvalue weighted by Gasteiger charge is -2.26. The van der Waals surface area contributed by atoms with Crippen molar-refractivity contribution in [2.75, 3.05) is 13.7 Å². The maximum Gasteiger partial charge on any atom is 0.304 e. The van der Waals surface area contributed by atoms with Crippen molar-refractivity contribution in [3.05, 3.63) is 28.2 Å². The van der Waals surface area contributed by atoms with Gasteiger partial charge in [0.25, 0.3) is 0 Å². The fraction of sp³-hybridized carbons (Fsp3) is 0.500. The van der Waals surface area contributed by atoms with Crippen LogP contribution in [-0.4, -0.2) is 35.7 Å². The first-order valence-electron chi connectivity index (χ1n) is 6.26. The second-order valence-electron chi connectivity index (χ2n) is 4.48. The number of halogens is 1. The highest BCUT2D eigenvalue weighted by Crippen LogP contribution is 2.26. The quantitative estimate of drug-likeness (QED) is 0.834. The molecule has 0 saturated carbocycles. The van der Waals surface area contributed by atoms with Gasteiger partial charge in [-0.25, -0.2) is 0 Å². The maximum atomic E-state index is 10.8. The molecule has 1 rings (SSSR count). The number of benzene rings is 1. The number of carboxylic acid groups (broad SMARTS) is 1. The van der Waals surface area contributed by atoms with E-state index in [1.54, 1.807) is 7.11 Å². The van der Waals surface area contributed by atoms with Gasteiger partial charge in [-0.05, 0) is 47.1 Å². The molecular weight excluding hydrogens is 310 g/mol. The number of nitrogens with zero attached hydrogens (tertiary/aromatic N) is 1. The van der Waals surface area contributed by atoms with Crippen LogP contribution in [0.2, 0.25) is 0 Å². The number of hydrogen-bond acceptors (Lipinski definition) is 3. The molecule has 1 atom stereocenters. The van der Waals surface area contributed by atoms with Crippen molar-refractivity contribution in [1.82, 2.24) is 4.90 Å². The van der Waals surface area contributed by atoms with Crippen LogP contribution in [0.4, 0.5) is 0 Å². The number of hydrogen-bond donors (Lipinski definition) is 1. The lowest BCUT2D eigenvalue weighted by atomic mass is 10.1. The first-order chi connectivity index (χ1) is 8.97. The molecule has 0 aliphatic rings. The molecule has 5 heteroatoms. The highest BCUT2D eigenvalue weighted by atomic mass is 79.9. The van der Waals surface area contributed by atoms with Gasteiger partial charge in [-0.1, -0.05) is 13.0 Å². The predicted molar refractivity (Wildman–Crippen MR) is 78.5 cm³/mol. The smallest absolute Gasteiger partial charge is 0.304 e. The van der Waals surface area contributed by atoms with E-state index in [2.05, 4.69) is 20.8 Å². The van der Waals surface area contributed by atoms with Crippen LogP contribution >= 0.6 is 15.9 Å². The van der Waals surface area contributed by atoms with E-state index in [-0.39, 0.29) is 12.5 Å². The summed E-state index contributed by atoms with van der Waals surface area (Å²) < 4.78 is 6.10. The summed E-state index contributed by atoms with van der Waals surface area (Å²) in [5, 5.41) is 8.86. The number of carboxylic acids is 1. The lowest BCUT2D eigenvalue weighted by Crippen LogP contribution is -2.34. The summed E-state index contributed by atoms with van der Waals surface area (Å²) in [6, 6.07) is 5.94. The molecule has 0 aromatic heterocycles. The highest BCUT2D eigenvalue weighted by Gasteiger charge is 2.16. The third-order valence-corrected chi connectivity index (χ3v) is 3.72. The van der Waals surface area contributed by atoms with E-state index < -0.39 is 5.97 Å². The molecule has 0 amide bonds. The minimum absolute atomic E-state index is 0.0170. The number of carbonyl (C=O) groups is 1. The Kier molecular flexibility index (Phi) is 6.31. The largest absolute Gasteiger partial charge is 0.496 e. The Labute approximate surface area is 122 Å². The van der Waals surface area contributed by atoms with Gasteiger partial charge in [0.15, 0.2) is 0 Å². The van der Waals surface area contributed by atoms with Crippen LogP contribution in [0.25, 0.3) is 0 Å². The van der Waals surface area contributed by atoms with Crippen molar-refractivity contribution >= 4 is 21.9 Å². The molecule has 0 aliphatic carbocycles. The summed E-state index contributed by atoms with van der Waals surface area (Å²) in [5.41, 5.74) is 1.13. The first-order valence-corrected chi connectivity index (χ1v) is 7.05. The molecule has 0 bridgehead atoms. The van der Waals surface area contributed by atoms with Gasteiger partial charge in [0, 0.05) is 12.6 Å². The van der Waals surface area contributed by atoms with Crippen molar-refractivity contribution in [2.45, 2.75) is 32.9 Å². The highest BCUT2D eigenvalue weighted by molar-refractivity contribution is 9.10. The average molecular weight is 330 g/mol. The molecule has 1 unspecified atom stereocenters. The molecule has 1 aromatic carbocycles. The Balaban J connectivity index is 2.75. The van der Waals surface area contributed by atoms with Crippen LogP contribution in [0.15, 0.2) is 22.7 Å². The Morgan fingerprint density at radius 1 is 1.53 bits per heavy atom. The summed E-state index contributed by atoms with van der Waals surface area (Å²) in [4.78, 5) is 12.9. The average Bonchev–Trinajstić information content (AvgIpc) is 2.35. The molecule has 0 fully saturated rings. The second kappa shape index (κ2) is 7.50. The molecule has 1 aromatic rings. The van der Waals surface area contributed by atoms with Gasteiger partial charge in [0.05, 0.1) is 18.0 Å². The van der Waals surface area contributed by atoms with Gasteiger partial charge in [0.2, 0.25) is 0 Å². The van der Waals surface area contributed by atoms with E-state index in [1.165, 1.54) is 0 Å². The van der Waals surface area contributed by atoms with Crippen molar-refractivity contribution in [3.8, 4) is 5.75 Å². The van der Waals surface area contributed by atoms with E-state index in [1.807, 2.05) is 32.0 Å². The second-order valence-corrected chi connectivity index (χ2v) is 5.33. The number of aliphatic carboxylic acids is 1. The third-order valence-electron chi connectivity index (χ3n) is 3.10. The van der Waals surface area contributed by atoms with Crippen LogP contribution in [0, 0.1) is 0 Å².